The molecule has 0 fully saturated rings. The predicted molar refractivity (Wildman–Crippen MR) is 73.6 cm³/mol. The van der Waals surface area contributed by atoms with Crippen LogP contribution in [0, 0.1) is 0 Å². The molecule has 1 aliphatic rings. The van der Waals surface area contributed by atoms with Crippen LogP contribution in [0.25, 0.3) is 0 Å². The van der Waals surface area contributed by atoms with E-state index in [0.29, 0.717) is 6.04 Å². The van der Waals surface area contributed by atoms with Gasteiger partial charge in [0, 0.05) is 19.0 Å². The first-order chi connectivity index (χ1) is 8.29. The third-order valence-electron chi connectivity index (χ3n) is 3.02. The summed E-state index contributed by atoms with van der Waals surface area (Å²) in [4.78, 5) is 0. The third kappa shape index (κ3) is 4.04. The van der Waals surface area contributed by atoms with E-state index in [-0.39, 0.29) is 0 Å². The van der Waals surface area contributed by atoms with Gasteiger partial charge in [-0.1, -0.05) is 32.9 Å². The first-order valence-electron chi connectivity index (χ1n) is 6.77. The highest BCUT2D eigenvalue weighted by atomic mass is 16.5. The van der Waals surface area contributed by atoms with Crippen LogP contribution in [-0.2, 0) is 13.0 Å². The highest BCUT2D eigenvalue weighted by molar-refractivity contribution is 5.39. The van der Waals surface area contributed by atoms with Crippen LogP contribution in [0.5, 0.6) is 5.75 Å². The lowest BCUT2D eigenvalue weighted by Crippen LogP contribution is -2.24. The minimum Gasteiger partial charge on any atom is -0.493 e. The smallest absolute Gasteiger partial charge is 0.122 e. The van der Waals surface area contributed by atoms with Crippen LogP contribution in [0.3, 0.4) is 0 Å². The number of rotatable bonds is 4. The van der Waals surface area contributed by atoms with Gasteiger partial charge in [-0.2, -0.15) is 0 Å². The van der Waals surface area contributed by atoms with Gasteiger partial charge in [-0.25, -0.2) is 0 Å². The van der Waals surface area contributed by atoms with Crippen LogP contribution in [0.1, 0.15) is 45.2 Å². The monoisotopic (exact) mass is 235 g/mol. The maximum absolute atomic E-state index is 5.48. The minimum absolute atomic E-state index is 0.592. The largest absolute Gasteiger partial charge is 0.493 e. The zero-order valence-electron chi connectivity index (χ0n) is 11.5. The van der Waals surface area contributed by atoms with Crippen molar-refractivity contribution in [1.82, 2.24) is 5.32 Å². The molecule has 0 amide bonds. The Kier molecular flexibility index (Phi) is 6.06. The Morgan fingerprint density at radius 2 is 2.12 bits per heavy atom. The van der Waals surface area contributed by atoms with E-state index in [9.17, 15) is 0 Å². The fourth-order valence-corrected chi connectivity index (χ4v) is 1.79. The van der Waals surface area contributed by atoms with Crippen LogP contribution in [-0.4, -0.2) is 12.6 Å². The molecule has 1 aromatic rings. The van der Waals surface area contributed by atoms with Crippen LogP contribution in [0.15, 0.2) is 18.2 Å². The van der Waals surface area contributed by atoms with Crippen LogP contribution in [0.2, 0.25) is 0 Å². The molecule has 1 atom stereocenters. The molecule has 17 heavy (non-hydrogen) atoms. The fraction of sp³-hybridized carbons (Fsp3) is 0.600. The molecule has 1 unspecified atom stereocenters. The molecule has 96 valence electrons. The first-order valence-corrected chi connectivity index (χ1v) is 6.77. The zero-order valence-corrected chi connectivity index (χ0v) is 11.5. The molecule has 0 saturated carbocycles. The van der Waals surface area contributed by atoms with E-state index >= 15 is 0 Å². The summed E-state index contributed by atoms with van der Waals surface area (Å²) in [5.74, 6) is 1.07. The van der Waals surface area contributed by atoms with Gasteiger partial charge in [0.25, 0.3) is 0 Å². The molecule has 2 rings (SSSR count). The average Bonchev–Trinajstić information content (AvgIpc) is 2.85. The predicted octanol–water partition coefficient (Wildman–Crippen LogP) is 3.54. The molecule has 1 N–H and O–H groups in total. The molecule has 0 spiro atoms. The van der Waals surface area contributed by atoms with Crippen LogP contribution in [0.4, 0.5) is 0 Å². The Bertz CT molecular complexity index is 336. The van der Waals surface area contributed by atoms with Gasteiger partial charge in [0.1, 0.15) is 5.75 Å². The Morgan fingerprint density at radius 1 is 1.35 bits per heavy atom. The highest BCUT2D eigenvalue weighted by Crippen LogP contribution is 2.25. The second-order valence-corrected chi connectivity index (χ2v) is 4.23. The van der Waals surface area contributed by atoms with E-state index in [0.717, 1.165) is 25.3 Å². The molecule has 2 heteroatoms. The van der Waals surface area contributed by atoms with Gasteiger partial charge in [0.05, 0.1) is 6.61 Å². The molecule has 0 radical (unpaired) electrons. The van der Waals surface area contributed by atoms with Crippen molar-refractivity contribution in [3.8, 4) is 5.75 Å². The summed E-state index contributed by atoms with van der Waals surface area (Å²) in [7, 11) is 0. The Hall–Kier alpha value is -1.02. The second kappa shape index (κ2) is 7.33. The number of benzene rings is 1. The van der Waals surface area contributed by atoms with Crippen molar-refractivity contribution in [1.29, 1.82) is 0 Å². The van der Waals surface area contributed by atoms with E-state index < -0.39 is 0 Å². The Morgan fingerprint density at radius 3 is 2.82 bits per heavy atom. The molecule has 0 aliphatic carbocycles. The van der Waals surface area contributed by atoms with E-state index in [2.05, 4.69) is 37.4 Å². The molecule has 2 nitrogen and oxygen atoms in total. The minimum atomic E-state index is 0.592. The molecular weight excluding hydrogens is 210 g/mol. The van der Waals surface area contributed by atoms with Crippen molar-refractivity contribution < 1.29 is 4.74 Å². The van der Waals surface area contributed by atoms with Crippen molar-refractivity contribution in [3.05, 3.63) is 29.3 Å². The average molecular weight is 235 g/mol. The normalized spacial score (nSPS) is 14.4. The molecule has 0 aromatic heterocycles. The van der Waals surface area contributed by atoms with Gasteiger partial charge in [-0.3, -0.25) is 0 Å². The third-order valence-corrected chi connectivity index (χ3v) is 3.02. The molecule has 1 heterocycles. The van der Waals surface area contributed by atoms with Gasteiger partial charge in [0.2, 0.25) is 0 Å². The number of hydrogen-bond acceptors (Lipinski definition) is 2. The van der Waals surface area contributed by atoms with Crippen LogP contribution >= 0.6 is 0 Å². The second-order valence-electron chi connectivity index (χ2n) is 4.23. The van der Waals surface area contributed by atoms with Crippen molar-refractivity contribution >= 4 is 0 Å². The molecule has 0 bridgehead atoms. The van der Waals surface area contributed by atoms with E-state index in [1.165, 1.54) is 17.5 Å². The number of ether oxygens (including phenoxy) is 1. The highest BCUT2D eigenvalue weighted by Gasteiger charge is 2.11. The number of fused-ring (bicyclic) bond motifs is 1. The molecule has 1 aliphatic heterocycles. The van der Waals surface area contributed by atoms with Crippen molar-refractivity contribution in [2.45, 2.75) is 53.1 Å². The maximum atomic E-state index is 5.48. The fourth-order valence-electron chi connectivity index (χ4n) is 1.79. The van der Waals surface area contributed by atoms with Gasteiger partial charge >= 0.3 is 0 Å². The summed E-state index contributed by atoms with van der Waals surface area (Å²) < 4.78 is 5.48. The first kappa shape index (κ1) is 14.0. The number of nitrogens with one attached hydrogen (secondary N) is 1. The lowest BCUT2D eigenvalue weighted by Gasteiger charge is -2.11. The van der Waals surface area contributed by atoms with E-state index in [4.69, 9.17) is 4.74 Å². The van der Waals surface area contributed by atoms with Gasteiger partial charge in [0.15, 0.2) is 0 Å². The lowest BCUT2D eigenvalue weighted by molar-refractivity contribution is 0.357. The van der Waals surface area contributed by atoms with Crippen LogP contribution < -0.4 is 10.1 Å². The maximum Gasteiger partial charge on any atom is 0.122 e. The molecule has 0 saturated heterocycles. The summed E-state index contributed by atoms with van der Waals surface area (Å²) >= 11 is 0. The van der Waals surface area contributed by atoms with E-state index in [1.807, 2.05) is 13.8 Å². The molecular formula is C15H25NO. The van der Waals surface area contributed by atoms with Gasteiger partial charge in [-0.05, 0) is 30.5 Å². The quantitative estimate of drug-likeness (QED) is 0.862. The number of hydrogen-bond donors (Lipinski definition) is 1. The standard InChI is InChI=1S/C13H19NO.C2H6/c1-3-10(2)14-9-11-4-5-13-12(8-11)6-7-15-13;1-2/h4-5,8,10,14H,3,6-7,9H2,1-2H3;1-2H3. The van der Waals surface area contributed by atoms with Crippen molar-refractivity contribution in [2.24, 2.45) is 0 Å². The summed E-state index contributed by atoms with van der Waals surface area (Å²) in [6, 6.07) is 7.10. The Balaban J connectivity index is 0.000000686. The Labute approximate surface area is 105 Å². The molecule has 1 aromatic carbocycles. The van der Waals surface area contributed by atoms with E-state index in [1.54, 1.807) is 0 Å². The summed E-state index contributed by atoms with van der Waals surface area (Å²) in [6.45, 7) is 10.2. The SMILES string of the molecule is CC.CCC(C)NCc1ccc2c(c1)CCO2. The lowest BCUT2D eigenvalue weighted by atomic mass is 10.1. The summed E-state index contributed by atoms with van der Waals surface area (Å²) in [5, 5.41) is 3.50. The summed E-state index contributed by atoms with van der Waals surface area (Å²) in [6.07, 6.45) is 2.24. The summed E-state index contributed by atoms with van der Waals surface area (Å²) in [5.41, 5.74) is 2.72. The van der Waals surface area contributed by atoms with Gasteiger partial charge in [-0.15, -0.1) is 0 Å². The zero-order chi connectivity index (χ0) is 12.7. The van der Waals surface area contributed by atoms with Crippen molar-refractivity contribution in [3.63, 3.8) is 0 Å². The van der Waals surface area contributed by atoms with Gasteiger partial charge < -0.3 is 10.1 Å². The van der Waals surface area contributed by atoms with Crippen molar-refractivity contribution in [2.75, 3.05) is 6.61 Å². The topological polar surface area (TPSA) is 21.3 Å².